The van der Waals surface area contributed by atoms with Gasteiger partial charge in [0.2, 0.25) is 5.91 Å². The minimum absolute atomic E-state index is 0.0644. The minimum atomic E-state index is -1.11. The van der Waals surface area contributed by atoms with Gasteiger partial charge in [-0.1, -0.05) is 29.8 Å². The summed E-state index contributed by atoms with van der Waals surface area (Å²) in [5, 5.41) is 14.4. The molecular weight excluding hydrogens is 368 g/mol. The van der Waals surface area contributed by atoms with E-state index in [-0.39, 0.29) is 5.91 Å². The number of rotatable bonds is 7. The number of amides is 2. The lowest BCUT2D eigenvalue weighted by Crippen LogP contribution is -2.29. The number of benzene rings is 2. The van der Waals surface area contributed by atoms with Crippen LogP contribution in [-0.4, -0.2) is 29.4 Å². The second-order valence-corrected chi connectivity index (χ2v) is 7.06. The first-order valence-corrected chi connectivity index (χ1v) is 8.92. The summed E-state index contributed by atoms with van der Waals surface area (Å²) in [5.74, 6) is -1.65. The molecule has 0 radical (unpaired) electrons. The van der Waals surface area contributed by atoms with Gasteiger partial charge in [-0.15, -0.1) is 0 Å². The van der Waals surface area contributed by atoms with Crippen molar-refractivity contribution in [1.29, 1.82) is 0 Å². The lowest BCUT2D eigenvalue weighted by molar-refractivity contribution is -0.135. The first-order valence-electron chi connectivity index (χ1n) is 8.54. The lowest BCUT2D eigenvalue weighted by atomic mass is 9.95. The fraction of sp³-hybridized carbons (Fsp3) is 0.250. The fourth-order valence-corrected chi connectivity index (χ4v) is 3.07. The van der Waals surface area contributed by atoms with E-state index in [1.54, 1.807) is 24.3 Å². The molecule has 0 unspecified atom stereocenters. The molecule has 3 N–H and O–H groups in total. The van der Waals surface area contributed by atoms with Gasteiger partial charge in [-0.05, 0) is 55.2 Å². The maximum absolute atomic E-state index is 12.7. The largest absolute Gasteiger partial charge is 0.480 e. The van der Waals surface area contributed by atoms with Gasteiger partial charge in [-0.3, -0.25) is 14.4 Å². The zero-order valence-electron chi connectivity index (χ0n) is 14.5. The summed E-state index contributed by atoms with van der Waals surface area (Å²) in [6.07, 6.45) is 2.20. The van der Waals surface area contributed by atoms with Gasteiger partial charge in [-0.2, -0.15) is 0 Å². The zero-order chi connectivity index (χ0) is 19.4. The molecule has 1 saturated carbocycles. The van der Waals surface area contributed by atoms with E-state index >= 15 is 0 Å². The molecule has 2 aromatic rings. The summed E-state index contributed by atoms with van der Waals surface area (Å²) >= 11 is 6.21. The Kier molecular flexibility index (Phi) is 5.46. The molecule has 7 heteroatoms. The van der Waals surface area contributed by atoms with Crippen LogP contribution < -0.4 is 10.6 Å². The van der Waals surface area contributed by atoms with Crippen LogP contribution >= 0.6 is 11.6 Å². The third-order valence-electron chi connectivity index (χ3n) is 4.63. The molecule has 27 heavy (non-hydrogen) atoms. The first-order chi connectivity index (χ1) is 12.9. The monoisotopic (exact) mass is 386 g/mol. The molecular formula is C20H19ClN2O4. The summed E-state index contributed by atoms with van der Waals surface area (Å²) in [4.78, 5) is 35.0. The number of carbonyl (C=O) groups excluding carboxylic acids is 2. The third-order valence-corrected chi connectivity index (χ3v) is 5.00. The van der Waals surface area contributed by atoms with Gasteiger partial charge < -0.3 is 15.7 Å². The van der Waals surface area contributed by atoms with E-state index in [1.807, 2.05) is 24.3 Å². The molecule has 0 aliphatic heterocycles. The SMILES string of the molecule is O=C(O)CNC(=O)c1ccc(NC(=O)C2(Cc3ccccc3Cl)CC2)cc1. The summed E-state index contributed by atoms with van der Waals surface area (Å²) in [6.45, 7) is -0.443. The highest BCUT2D eigenvalue weighted by Gasteiger charge is 2.49. The highest BCUT2D eigenvalue weighted by Crippen LogP contribution is 2.50. The van der Waals surface area contributed by atoms with Gasteiger partial charge >= 0.3 is 5.97 Å². The molecule has 0 atom stereocenters. The van der Waals surface area contributed by atoms with Gasteiger partial charge in [0, 0.05) is 16.3 Å². The molecule has 1 aliphatic rings. The van der Waals surface area contributed by atoms with Crippen LogP contribution in [0, 0.1) is 5.41 Å². The number of nitrogens with one attached hydrogen (secondary N) is 2. The van der Waals surface area contributed by atoms with E-state index in [2.05, 4.69) is 10.6 Å². The second kappa shape index (κ2) is 7.80. The molecule has 2 amide bonds. The predicted molar refractivity (Wildman–Crippen MR) is 102 cm³/mol. The minimum Gasteiger partial charge on any atom is -0.480 e. The summed E-state index contributed by atoms with van der Waals surface area (Å²) in [7, 11) is 0. The molecule has 0 heterocycles. The summed E-state index contributed by atoms with van der Waals surface area (Å²) < 4.78 is 0. The van der Waals surface area contributed by atoms with E-state index in [0.717, 1.165) is 18.4 Å². The average Bonchev–Trinajstić information content (AvgIpc) is 3.43. The maximum atomic E-state index is 12.7. The third kappa shape index (κ3) is 4.65. The Morgan fingerprint density at radius 2 is 1.70 bits per heavy atom. The first kappa shape index (κ1) is 18.9. The van der Waals surface area contributed by atoms with Crippen molar-refractivity contribution < 1.29 is 19.5 Å². The molecule has 0 aromatic heterocycles. The van der Waals surface area contributed by atoms with E-state index in [9.17, 15) is 14.4 Å². The smallest absolute Gasteiger partial charge is 0.322 e. The normalized spacial score (nSPS) is 14.3. The number of carbonyl (C=O) groups is 3. The highest BCUT2D eigenvalue weighted by molar-refractivity contribution is 6.31. The van der Waals surface area contributed by atoms with Gasteiger partial charge in [-0.25, -0.2) is 0 Å². The number of anilines is 1. The van der Waals surface area contributed by atoms with Crippen molar-refractivity contribution in [3.8, 4) is 0 Å². The van der Waals surface area contributed by atoms with Crippen LogP contribution in [0.15, 0.2) is 48.5 Å². The van der Waals surface area contributed by atoms with E-state index in [4.69, 9.17) is 16.7 Å². The van der Waals surface area contributed by atoms with Gasteiger partial charge in [0.15, 0.2) is 0 Å². The van der Waals surface area contributed by atoms with Crippen molar-refractivity contribution in [3.63, 3.8) is 0 Å². The standard InChI is InChI=1S/C20H19ClN2O4/c21-16-4-2-1-3-14(16)11-20(9-10-20)19(27)23-15-7-5-13(6-8-15)18(26)22-12-17(24)25/h1-8H,9-12H2,(H,22,26)(H,23,27)(H,24,25). The molecule has 140 valence electrons. The van der Waals surface area contributed by atoms with Gasteiger partial charge in [0.05, 0.1) is 5.41 Å². The quantitative estimate of drug-likeness (QED) is 0.681. The van der Waals surface area contributed by atoms with Crippen LogP contribution in [0.1, 0.15) is 28.8 Å². The molecule has 1 aliphatic carbocycles. The maximum Gasteiger partial charge on any atom is 0.322 e. The molecule has 0 spiro atoms. The van der Waals surface area contributed by atoms with Crippen molar-refractivity contribution in [2.75, 3.05) is 11.9 Å². The Morgan fingerprint density at radius 3 is 2.30 bits per heavy atom. The number of carboxylic acid groups (broad SMARTS) is 1. The number of aliphatic carboxylic acids is 1. The fourth-order valence-electron chi connectivity index (χ4n) is 2.87. The molecule has 0 bridgehead atoms. The lowest BCUT2D eigenvalue weighted by Gasteiger charge is -2.16. The number of hydrogen-bond acceptors (Lipinski definition) is 3. The second-order valence-electron chi connectivity index (χ2n) is 6.66. The van der Waals surface area contributed by atoms with Crippen molar-refractivity contribution in [3.05, 3.63) is 64.7 Å². The molecule has 3 rings (SSSR count). The van der Waals surface area contributed by atoms with Crippen molar-refractivity contribution in [1.82, 2.24) is 5.32 Å². The Bertz CT molecular complexity index is 876. The van der Waals surface area contributed by atoms with E-state index < -0.39 is 23.8 Å². The number of hydrogen-bond donors (Lipinski definition) is 3. The van der Waals surface area contributed by atoms with Crippen LogP contribution in [-0.2, 0) is 16.0 Å². The van der Waals surface area contributed by atoms with Crippen LogP contribution in [0.25, 0.3) is 0 Å². The van der Waals surface area contributed by atoms with Crippen LogP contribution in [0.5, 0.6) is 0 Å². The van der Waals surface area contributed by atoms with Gasteiger partial charge in [0.25, 0.3) is 5.91 Å². The Labute approximate surface area is 161 Å². The Morgan fingerprint density at radius 1 is 1.04 bits per heavy atom. The Hall–Kier alpha value is -2.86. The van der Waals surface area contributed by atoms with Crippen LogP contribution in [0.3, 0.4) is 0 Å². The molecule has 1 fully saturated rings. The van der Waals surface area contributed by atoms with Crippen molar-refractivity contribution >= 4 is 35.1 Å². The summed E-state index contributed by atoms with van der Waals surface area (Å²) in [6, 6.07) is 13.8. The van der Waals surface area contributed by atoms with Crippen molar-refractivity contribution in [2.45, 2.75) is 19.3 Å². The topological polar surface area (TPSA) is 95.5 Å². The molecule has 0 saturated heterocycles. The highest BCUT2D eigenvalue weighted by atomic mass is 35.5. The average molecular weight is 387 g/mol. The number of carboxylic acids is 1. The number of halogens is 1. The van der Waals surface area contributed by atoms with Gasteiger partial charge in [0.1, 0.15) is 6.54 Å². The predicted octanol–water partition coefficient (Wildman–Crippen LogP) is 3.12. The van der Waals surface area contributed by atoms with Crippen molar-refractivity contribution in [2.24, 2.45) is 5.41 Å². The zero-order valence-corrected chi connectivity index (χ0v) is 15.3. The van der Waals surface area contributed by atoms with E-state index in [0.29, 0.717) is 22.7 Å². The van der Waals surface area contributed by atoms with Crippen LogP contribution in [0.4, 0.5) is 5.69 Å². The van der Waals surface area contributed by atoms with E-state index in [1.165, 1.54) is 0 Å². The molecule has 6 nitrogen and oxygen atoms in total. The molecule has 2 aromatic carbocycles. The summed E-state index contributed by atoms with van der Waals surface area (Å²) in [5.41, 5.74) is 1.42. The Balaban J connectivity index is 1.62. The van der Waals surface area contributed by atoms with Crippen LogP contribution in [0.2, 0.25) is 5.02 Å².